The molecule has 0 aromatic heterocycles. The molecule has 0 saturated heterocycles. The van der Waals surface area contributed by atoms with Crippen LogP contribution in [0.15, 0.2) is 18.2 Å². The Hall–Kier alpha value is -2.12. The summed E-state index contributed by atoms with van der Waals surface area (Å²) in [5.41, 5.74) is 5.88. The highest BCUT2D eigenvalue weighted by Gasteiger charge is 2.16. The summed E-state index contributed by atoms with van der Waals surface area (Å²) in [6.07, 6.45) is 0.369. The number of likely N-dealkylation sites (N-methyl/N-ethyl adjacent to an activating group) is 1. The van der Waals surface area contributed by atoms with E-state index in [1.165, 1.54) is 24.0 Å². The van der Waals surface area contributed by atoms with Crippen LogP contribution in [0, 0.1) is 0 Å². The van der Waals surface area contributed by atoms with Crippen molar-refractivity contribution in [3.05, 3.63) is 23.8 Å². The molecule has 24 heavy (non-hydrogen) atoms. The second kappa shape index (κ2) is 12.3. The van der Waals surface area contributed by atoms with Crippen LogP contribution in [0.1, 0.15) is 30.6 Å². The molecule has 136 valence electrons. The smallest absolute Gasteiger partial charge is 0.257 e. The van der Waals surface area contributed by atoms with Gasteiger partial charge in [0.2, 0.25) is 0 Å². The van der Waals surface area contributed by atoms with Crippen LogP contribution >= 0.6 is 0 Å². The zero-order chi connectivity index (χ0) is 18.5. The molecule has 7 heteroatoms. The van der Waals surface area contributed by atoms with Gasteiger partial charge in [-0.1, -0.05) is 6.07 Å². The van der Waals surface area contributed by atoms with Crippen LogP contribution in [-0.2, 0) is 14.3 Å². The second-order valence-electron chi connectivity index (χ2n) is 5.11. The lowest BCUT2D eigenvalue weighted by molar-refractivity contribution is -0.118. The number of nitrogens with two attached hydrogens (primary N) is 1. The van der Waals surface area contributed by atoms with E-state index in [1.54, 1.807) is 20.2 Å². The van der Waals surface area contributed by atoms with Crippen molar-refractivity contribution in [3.63, 3.8) is 0 Å². The minimum Gasteiger partial charge on any atom is -0.505 e. The number of benzene rings is 1. The summed E-state index contributed by atoms with van der Waals surface area (Å²) in [5, 5.41) is 9.75. The SMILES string of the molecule is CC(=O)CCOCCN(C)C(=O)c1cccc(N)c1O.CCOC. The lowest BCUT2D eigenvalue weighted by Gasteiger charge is -2.18. The maximum atomic E-state index is 12.1. The largest absolute Gasteiger partial charge is 0.505 e. The lowest BCUT2D eigenvalue weighted by Crippen LogP contribution is -2.30. The Morgan fingerprint density at radius 1 is 1.29 bits per heavy atom. The molecule has 0 radical (unpaired) electrons. The van der Waals surface area contributed by atoms with E-state index >= 15 is 0 Å². The van der Waals surface area contributed by atoms with Gasteiger partial charge in [0.1, 0.15) is 5.78 Å². The van der Waals surface area contributed by atoms with Crippen molar-refractivity contribution >= 4 is 17.4 Å². The van der Waals surface area contributed by atoms with Gasteiger partial charge in [-0.2, -0.15) is 0 Å². The number of phenolic OH excluding ortho intramolecular Hbond substituents is 1. The molecule has 3 N–H and O–H groups in total. The van der Waals surface area contributed by atoms with E-state index in [1.807, 2.05) is 6.92 Å². The van der Waals surface area contributed by atoms with Crippen LogP contribution in [0.25, 0.3) is 0 Å². The van der Waals surface area contributed by atoms with E-state index < -0.39 is 0 Å². The number of rotatable bonds is 8. The van der Waals surface area contributed by atoms with E-state index in [9.17, 15) is 14.7 Å². The number of aromatic hydroxyl groups is 1. The third-order valence-electron chi connectivity index (χ3n) is 3.10. The Bertz CT molecular complexity index is 518. The molecule has 1 aromatic rings. The minimum absolute atomic E-state index is 0.0686. The third kappa shape index (κ3) is 8.50. The van der Waals surface area contributed by atoms with Crippen molar-refractivity contribution in [2.75, 3.05) is 46.3 Å². The van der Waals surface area contributed by atoms with E-state index in [-0.39, 0.29) is 28.7 Å². The molecule has 0 atom stereocenters. The Labute approximate surface area is 143 Å². The van der Waals surface area contributed by atoms with Gasteiger partial charge in [0, 0.05) is 33.7 Å². The van der Waals surface area contributed by atoms with Crippen LogP contribution in [-0.4, -0.2) is 62.2 Å². The number of ketones is 1. The number of hydrogen-bond acceptors (Lipinski definition) is 6. The van der Waals surface area contributed by atoms with Crippen molar-refractivity contribution < 1.29 is 24.2 Å². The molecular weight excluding hydrogens is 312 g/mol. The van der Waals surface area contributed by atoms with Gasteiger partial charge >= 0.3 is 0 Å². The van der Waals surface area contributed by atoms with Crippen molar-refractivity contribution in [1.29, 1.82) is 0 Å². The van der Waals surface area contributed by atoms with E-state index in [2.05, 4.69) is 4.74 Å². The van der Waals surface area contributed by atoms with Gasteiger partial charge < -0.3 is 25.2 Å². The fourth-order valence-corrected chi connectivity index (χ4v) is 1.56. The summed E-state index contributed by atoms with van der Waals surface area (Å²) in [7, 11) is 3.29. The summed E-state index contributed by atoms with van der Waals surface area (Å²) in [6, 6.07) is 4.65. The first-order valence-electron chi connectivity index (χ1n) is 7.74. The maximum absolute atomic E-state index is 12.1. The molecule has 0 fully saturated rings. The Morgan fingerprint density at radius 2 is 1.92 bits per heavy atom. The molecule has 0 aliphatic heterocycles. The molecule has 1 rings (SSSR count). The van der Waals surface area contributed by atoms with E-state index in [0.29, 0.717) is 26.2 Å². The van der Waals surface area contributed by atoms with Crippen molar-refractivity contribution in [2.24, 2.45) is 0 Å². The predicted molar refractivity (Wildman–Crippen MR) is 93.1 cm³/mol. The molecule has 0 aliphatic carbocycles. The number of methoxy groups -OCH3 is 1. The van der Waals surface area contributed by atoms with Crippen LogP contribution in [0.5, 0.6) is 5.75 Å². The molecule has 1 aromatic carbocycles. The zero-order valence-corrected chi connectivity index (χ0v) is 14.9. The summed E-state index contributed by atoms with van der Waals surface area (Å²) in [5.74, 6) is -0.467. The number of anilines is 1. The molecule has 0 bridgehead atoms. The number of amides is 1. The standard InChI is InChI=1S/C14H20N2O4.C3H8O/c1-10(17)6-8-20-9-7-16(2)14(19)11-4-3-5-12(15)13(11)18;1-3-4-2/h3-5,18H,6-9,15H2,1-2H3;3H2,1-2H3. The van der Waals surface area contributed by atoms with Gasteiger partial charge in [-0.05, 0) is 26.0 Å². The summed E-state index contributed by atoms with van der Waals surface area (Å²) in [4.78, 5) is 24.2. The Kier molecular flexibility index (Phi) is 11.2. The Balaban J connectivity index is 0.00000118. The molecule has 7 nitrogen and oxygen atoms in total. The third-order valence-corrected chi connectivity index (χ3v) is 3.10. The highest BCUT2D eigenvalue weighted by Crippen LogP contribution is 2.25. The number of nitrogen functional groups attached to an aromatic ring is 1. The molecule has 0 spiro atoms. The van der Waals surface area contributed by atoms with Crippen molar-refractivity contribution in [3.8, 4) is 5.75 Å². The average Bonchev–Trinajstić information content (AvgIpc) is 2.56. The highest BCUT2D eigenvalue weighted by atomic mass is 16.5. The summed E-state index contributed by atoms with van der Waals surface area (Å²) >= 11 is 0. The van der Waals surface area contributed by atoms with Gasteiger partial charge in [-0.25, -0.2) is 0 Å². The van der Waals surface area contributed by atoms with Crippen molar-refractivity contribution in [2.45, 2.75) is 20.3 Å². The van der Waals surface area contributed by atoms with Gasteiger partial charge in [0.05, 0.1) is 24.5 Å². The molecule has 0 aliphatic rings. The lowest BCUT2D eigenvalue weighted by atomic mass is 10.1. The van der Waals surface area contributed by atoms with Crippen molar-refractivity contribution in [1.82, 2.24) is 4.90 Å². The van der Waals surface area contributed by atoms with Gasteiger partial charge in [-0.15, -0.1) is 0 Å². The first-order chi connectivity index (χ1) is 11.3. The van der Waals surface area contributed by atoms with Crippen LogP contribution in [0.3, 0.4) is 0 Å². The number of nitrogens with zero attached hydrogens (tertiary/aromatic N) is 1. The van der Waals surface area contributed by atoms with Crippen LogP contribution < -0.4 is 5.73 Å². The molecule has 0 unspecified atom stereocenters. The van der Waals surface area contributed by atoms with E-state index in [4.69, 9.17) is 10.5 Å². The summed E-state index contributed by atoms with van der Waals surface area (Å²) < 4.78 is 9.79. The zero-order valence-electron chi connectivity index (χ0n) is 14.9. The monoisotopic (exact) mass is 340 g/mol. The van der Waals surface area contributed by atoms with E-state index in [0.717, 1.165) is 6.61 Å². The number of Topliss-reactive ketones (excluding diaryl/α,β-unsaturated/α-hetero) is 1. The van der Waals surface area contributed by atoms with Gasteiger partial charge in [-0.3, -0.25) is 9.59 Å². The average molecular weight is 340 g/mol. The first-order valence-corrected chi connectivity index (χ1v) is 7.74. The minimum atomic E-state index is -0.329. The molecule has 0 saturated carbocycles. The van der Waals surface area contributed by atoms with Gasteiger partial charge in [0.25, 0.3) is 5.91 Å². The fourth-order valence-electron chi connectivity index (χ4n) is 1.56. The van der Waals surface area contributed by atoms with Crippen LogP contribution in [0.2, 0.25) is 0 Å². The normalized spacial score (nSPS) is 9.83. The fraction of sp³-hybridized carbons (Fsp3) is 0.529. The quantitative estimate of drug-likeness (QED) is 0.424. The second-order valence-corrected chi connectivity index (χ2v) is 5.11. The number of phenols is 1. The molecule has 0 heterocycles. The topological polar surface area (TPSA) is 102 Å². The Morgan fingerprint density at radius 3 is 2.46 bits per heavy atom. The molecule has 1 amide bonds. The van der Waals surface area contributed by atoms with Crippen LogP contribution in [0.4, 0.5) is 5.69 Å². The van der Waals surface area contributed by atoms with Gasteiger partial charge in [0.15, 0.2) is 5.75 Å². The first kappa shape index (κ1) is 21.9. The number of para-hydroxylation sites is 1. The maximum Gasteiger partial charge on any atom is 0.257 e. The predicted octanol–water partition coefficient (Wildman–Crippen LogP) is 1.69. The highest BCUT2D eigenvalue weighted by molar-refractivity contribution is 5.98. The number of hydrogen-bond donors (Lipinski definition) is 2. The number of ether oxygens (including phenoxy) is 2. The number of carbonyl (C=O) groups is 2. The summed E-state index contributed by atoms with van der Waals surface area (Å²) in [6.45, 7) is 5.33. The molecular formula is C17H28N2O5. The number of carbonyl (C=O) groups excluding carboxylic acids is 2.